The molecule has 24 heavy (non-hydrogen) atoms. The highest BCUT2D eigenvalue weighted by molar-refractivity contribution is 6.40. The fourth-order valence-corrected chi connectivity index (χ4v) is 2.82. The second-order valence-corrected chi connectivity index (χ2v) is 6.06. The van der Waals surface area contributed by atoms with E-state index in [1.807, 2.05) is 18.2 Å². The number of rotatable bonds is 7. The van der Waals surface area contributed by atoms with E-state index in [4.69, 9.17) is 45.3 Å². The van der Waals surface area contributed by atoms with E-state index in [1.54, 1.807) is 18.3 Å². The Morgan fingerprint density at radius 1 is 1.21 bits per heavy atom. The van der Waals surface area contributed by atoms with Crippen molar-refractivity contribution in [3.05, 3.63) is 57.3 Å². The fourth-order valence-electron chi connectivity index (χ4n) is 1.89. The van der Waals surface area contributed by atoms with E-state index in [0.717, 1.165) is 12.1 Å². The topological polar surface area (TPSA) is 72.5 Å². The molecule has 0 fully saturated rings. The molecule has 1 aromatic heterocycles. The summed E-state index contributed by atoms with van der Waals surface area (Å²) in [4.78, 5) is 8.45. The van der Waals surface area contributed by atoms with Crippen molar-refractivity contribution in [3.63, 3.8) is 0 Å². The normalized spacial score (nSPS) is 11.4. The molecule has 0 atom stereocenters. The summed E-state index contributed by atoms with van der Waals surface area (Å²) >= 11 is 17.9. The first-order valence-corrected chi connectivity index (χ1v) is 8.40. The van der Waals surface area contributed by atoms with Crippen molar-refractivity contribution < 1.29 is 4.74 Å². The number of nitrogens with two attached hydrogens (primary N) is 1. The number of ether oxygens (including phenoxy) is 1. The summed E-state index contributed by atoms with van der Waals surface area (Å²) in [6.07, 6.45) is 2.49. The highest BCUT2D eigenvalue weighted by Gasteiger charge is 2.08. The zero-order valence-electron chi connectivity index (χ0n) is 12.8. The first-order valence-electron chi connectivity index (χ1n) is 7.27. The van der Waals surface area contributed by atoms with Crippen LogP contribution in [0.3, 0.4) is 0 Å². The fraction of sp³-hybridized carbons (Fsp3) is 0.250. The average Bonchev–Trinajstić information content (AvgIpc) is 2.54. The van der Waals surface area contributed by atoms with E-state index in [-0.39, 0.29) is 0 Å². The molecule has 2 aromatic rings. The summed E-state index contributed by atoms with van der Waals surface area (Å²) in [6, 6.07) is 8.92. The Labute approximate surface area is 155 Å². The van der Waals surface area contributed by atoms with Gasteiger partial charge in [-0.2, -0.15) is 0 Å². The van der Waals surface area contributed by atoms with Gasteiger partial charge in [-0.05, 0) is 24.3 Å². The van der Waals surface area contributed by atoms with Crippen molar-refractivity contribution in [1.82, 2.24) is 10.3 Å². The predicted molar refractivity (Wildman–Crippen MR) is 99.4 cm³/mol. The third-order valence-corrected chi connectivity index (χ3v) is 3.77. The number of guanidine groups is 1. The number of benzene rings is 1. The van der Waals surface area contributed by atoms with Crippen molar-refractivity contribution in [2.45, 2.75) is 6.42 Å². The van der Waals surface area contributed by atoms with Gasteiger partial charge in [-0.3, -0.25) is 9.98 Å². The molecule has 0 saturated carbocycles. The van der Waals surface area contributed by atoms with Crippen molar-refractivity contribution >= 4 is 40.8 Å². The Bertz CT molecular complexity index is 672. The lowest BCUT2D eigenvalue weighted by molar-refractivity contribution is 0.322. The molecule has 0 spiro atoms. The number of aliphatic imine (C=N–C) groups is 1. The van der Waals surface area contributed by atoms with Crippen molar-refractivity contribution in [2.24, 2.45) is 10.7 Å². The van der Waals surface area contributed by atoms with Crippen LogP contribution in [-0.4, -0.2) is 30.6 Å². The average molecular weight is 388 g/mol. The van der Waals surface area contributed by atoms with E-state index >= 15 is 0 Å². The van der Waals surface area contributed by atoms with Gasteiger partial charge in [0, 0.05) is 29.9 Å². The molecule has 0 aliphatic carbocycles. The molecule has 0 saturated heterocycles. The molecule has 0 aliphatic rings. The number of hydrogen-bond donors (Lipinski definition) is 2. The predicted octanol–water partition coefficient (Wildman–Crippen LogP) is 3.57. The molecule has 5 nitrogen and oxygen atoms in total. The second kappa shape index (κ2) is 9.57. The number of nitrogens with zero attached hydrogens (tertiary/aromatic N) is 2. The third kappa shape index (κ3) is 6.07. The molecule has 2 rings (SSSR count). The van der Waals surface area contributed by atoms with Crippen LogP contribution in [0.4, 0.5) is 0 Å². The van der Waals surface area contributed by atoms with Crippen LogP contribution >= 0.6 is 34.8 Å². The molecule has 0 aliphatic heterocycles. The Kier molecular flexibility index (Phi) is 7.43. The minimum absolute atomic E-state index is 0.331. The summed E-state index contributed by atoms with van der Waals surface area (Å²) in [5, 5.41) is 4.15. The maximum Gasteiger partial charge on any atom is 0.188 e. The Morgan fingerprint density at radius 2 is 1.96 bits per heavy atom. The quantitative estimate of drug-likeness (QED) is 0.433. The minimum atomic E-state index is 0.331. The Morgan fingerprint density at radius 3 is 2.62 bits per heavy atom. The van der Waals surface area contributed by atoms with Crippen LogP contribution in [0.2, 0.25) is 15.1 Å². The van der Waals surface area contributed by atoms with Gasteiger partial charge in [0.15, 0.2) is 11.7 Å². The number of halogens is 3. The van der Waals surface area contributed by atoms with Crippen LogP contribution in [0.1, 0.15) is 5.69 Å². The van der Waals surface area contributed by atoms with Gasteiger partial charge in [-0.15, -0.1) is 0 Å². The van der Waals surface area contributed by atoms with Gasteiger partial charge in [0.1, 0.15) is 6.61 Å². The number of pyridine rings is 1. The highest BCUT2D eigenvalue weighted by Crippen LogP contribution is 2.35. The standard InChI is InChI=1S/C16H17Cl3N4O/c17-11-9-13(18)15(14(19)10-11)24-8-7-23-16(20)22-6-4-12-3-1-2-5-21-12/h1-3,5,9-10H,4,6-8H2,(H3,20,22,23). The summed E-state index contributed by atoms with van der Waals surface area (Å²) < 4.78 is 5.54. The smallest absolute Gasteiger partial charge is 0.188 e. The largest absolute Gasteiger partial charge is 0.489 e. The minimum Gasteiger partial charge on any atom is -0.489 e. The Hall–Kier alpha value is -1.69. The molecule has 1 aromatic carbocycles. The lowest BCUT2D eigenvalue weighted by Crippen LogP contribution is -2.35. The zero-order chi connectivity index (χ0) is 17.4. The van der Waals surface area contributed by atoms with Crippen molar-refractivity contribution in [1.29, 1.82) is 0 Å². The van der Waals surface area contributed by atoms with Crippen LogP contribution in [0, 0.1) is 0 Å². The second-order valence-electron chi connectivity index (χ2n) is 4.81. The number of aromatic nitrogens is 1. The molecular weight excluding hydrogens is 371 g/mol. The highest BCUT2D eigenvalue weighted by atomic mass is 35.5. The van der Waals surface area contributed by atoms with Crippen LogP contribution in [-0.2, 0) is 6.42 Å². The van der Waals surface area contributed by atoms with E-state index in [1.165, 1.54) is 0 Å². The van der Waals surface area contributed by atoms with Gasteiger partial charge in [-0.1, -0.05) is 40.9 Å². The maximum absolute atomic E-state index is 6.03. The summed E-state index contributed by atoms with van der Waals surface area (Å²) in [6.45, 7) is 1.36. The molecule has 1 heterocycles. The molecular formula is C16H17Cl3N4O. The van der Waals surface area contributed by atoms with Crippen LogP contribution in [0.15, 0.2) is 41.5 Å². The monoisotopic (exact) mass is 386 g/mol. The Balaban J connectivity index is 1.71. The van der Waals surface area contributed by atoms with E-state index in [0.29, 0.717) is 46.5 Å². The van der Waals surface area contributed by atoms with Crippen LogP contribution in [0.5, 0.6) is 5.75 Å². The lowest BCUT2D eigenvalue weighted by atomic mass is 10.3. The van der Waals surface area contributed by atoms with Gasteiger partial charge >= 0.3 is 0 Å². The third-order valence-electron chi connectivity index (χ3n) is 2.99. The molecule has 0 radical (unpaired) electrons. The molecule has 8 heteroatoms. The van der Waals surface area contributed by atoms with Gasteiger partial charge in [-0.25, -0.2) is 0 Å². The lowest BCUT2D eigenvalue weighted by Gasteiger charge is -2.11. The molecule has 0 amide bonds. The summed E-state index contributed by atoms with van der Waals surface area (Å²) in [5.41, 5.74) is 6.77. The van der Waals surface area contributed by atoms with Crippen LogP contribution in [0.25, 0.3) is 0 Å². The first-order chi connectivity index (χ1) is 11.6. The van der Waals surface area contributed by atoms with Crippen molar-refractivity contribution in [3.8, 4) is 5.75 Å². The van der Waals surface area contributed by atoms with E-state index in [2.05, 4.69) is 15.3 Å². The summed E-state index contributed by atoms with van der Waals surface area (Å²) in [7, 11) is 0. The van der Waals surface area contributed by atoms with Gasteiger partial charge in [0.05, 0.1) is 16.6 Å². The molecule has 0 bridgehead atoms. The maximum atomic E-state index is 6.03. The molecule has 3 N–H and O–H groups in total. The molecule has 0 unspecified atom stereocenters. The number of hydrogen-bond acceptors (Lipinski definition) is 3. The number of nitrogens with one attached hydrogen (secondary N) is 1. The van der Waals surface area contributed by atoms with E-state index < -0.39 is 0 Å². The van der Waals surface area contributed by atoms with E-state index in [9.17, 15) is 0 Å². The zero-order valence-corrected chi connectivity index (χ0v) is 15.1. The SMILES string of the molecule is NC(=NCCc1ccccn1)NCCOc1c(Cl)cc(Cl)cc1Cl. The van der Waals surface area contributed by atoms with Crippen LogP contribution < -0.4 is 15.8 Å². The van der Waals surface area contributed by atoms with Gasteiger partial charge < -0.3 is 15.8 Å². The first kappa shape index (κ1) is 18.6. The van der Waals surface area contributed by atoms with Gasteiger partial charge in [0.25, 0.3) is 0 Å². The van der Waals surface area contributed by atoms with Gasteiger partial charge in [0.2, 0.25) is 0 Å². The summed E-state index contributed by atoms with van der Waals surface area (Å²) in [5.74, 6) is 0.748. The molecule has 128 valence electrons. The van der Waals surface area contributed by atoms with Crippen molar-refractivity contribution in [2.75, 3.05) is 19.7 Å².